The van der Waals surface area contributed by atoms with Crippen molar-refractivity contribution >= 4 is 11.6 Å². The van der Waals surface area contributed by atoms with E-state index in [1.807, 2.05) is 0 Å². The van der Waals surface area contributed by atoms with Gasteiger partial charge in [-0.05, 0) is 74.8 Å². The van der Waals surface area contributed by atoms with Gasteiger partial charge in [0.05, 0.1) is 30.8 Å². The van der Waals surface area contributed by atoms with Crippen molar-refractivity contribution in [3.63, 3.8) is 0 Å². The van der Waals surface area contributed by atoms with Gasteiger partial charge in [-0.2, -0.15) is 11.3 Å². The third kappa shape index (κ3) is 6.65. The fourth-order valence-corrected chi connectivity index (χ4v) is 4.92. The number of carbonyl (C=O) groups excluding carboxylic acids is 1. The maximum atomic E-state index is 15.9. The van der Waals surface area contributed by atoms with Crippen LogP contribution in [0.3, 0.4) is 0 Å². The van der Waals surface area contributed by atoms with Crippen molar-refractivity contribution in [3.8, 4) is 17.3 Å². The van der Waals surface area contributed by atoms with Crippen LogP contribution in [0.2, 0.25) is 0 Å². The largest absolute Gasteiger partial charge is 1.00 e. The van der Waals surface area contributed by atoms with E-state index < -0.39 is 47.0 Å². The van der Waals surface area contributed by atoms with Gasteiger partial charge in [0.25, 0.3) is 0 Å². The smallest absolute Gasteiger partial charge is 0.869 e. The third-order valence-electron chi connectivity index (χ3n) is 7.74. The van der Waals surface area contributed by atoms with E-state index in [9.17, 15) is 38.1 Å². The number of carbonyl (C=O) groups is 1. The summed E-state index contributed by atoms with van der Waals surface area (Å²) < 4.78 is 68.8. The van der Waals surface area contributed by atoms with Crippen molar-refractivity contribution in [1.29, 1.82) is 5.26 Å². The Morgan fingerprint density at radius 1 is 1.25 bits per heavy atom. The zero-order valence-electron chi connectivity index (χ0n) is 24.1. The number of nitrogens with one attached hydrogen (secondary N) is 1. The number of ether oxygens (including phenoxy) is 1. The van der Waals surface area contributed by atoms with Crippen LogP contribution in [0, 0.1) is 55.1 Å². The second-order valence-corrected chi connectivity index (χ2v) is 10.6. The summed E-state index contributed by atoms with van der Waals surface area (Å²) in [6, 6.07) is 5.21. The minimum atomic E-state index is -1.80. The van der Waals surface area contributed by atoms with Crippen LogP contribution in [-0.4, -0.2) is 35.4 Å². The molecular formula is C31H26F5LiN4O3-2. The molecule has 7 nitrogen and oxygen atoms in total. The van der Waals surface area contributed by atoms with Crippen LogP contribution >= 0.6 is 0 Å². The van der Waals surface area contributed by atoms with Gasteiger partial charge in [0, 0.05) is 23.0 Å². The molecule has 5 rings (SSSR count). The predicted molar refractivity (Wildman–Crippen MR) is 146 cm³/mol. The Balaban J connectivity index is 0.00000127. The van der Waals surface area contributed by atoms with Gasteiger partial charge in [-0.3, -0.25) is 4.79 Å². The Morgan fingerprint density at radius 3 is 2.43 bits per heavy atom. The summed E-state index contributed by atoms with van der Waals surface area (Å²) in [6.07, 6.45) is 4.45. The standard InChI is InChI=1S/C30H25F3N4O3.CHF2.Li/c1-15-9-19(22(32)12-21(15)31)27-25(33)20(29(13-34)6-7-29)11-24(37-27)30(39,18-4-5-18)14-36-28(38)17-8-16(2)26(35)23(10-17)40-3;2-1-3;/h2,8-12,18,39H,4-7,14H2,1,3H3,(H,36,38);1H;/q-2;-1;+1/t30-;;/m1../s1. The molecule has 0 aliphatic heterocycles. The Hall–Kier alpha value is -3.77. The van der Waals surface area contributed by atoms with Gasteiger partial charge in [0.1, 0.15) is 22.9 Å². The zero-order chi connectivity index (χ0) is 31.7. The number of pyridine rings is 1. The van der Waals surface area contributed by atoms with E-state index in [0.29, 0.717) is 31.7 Å². The molecule has 2 aromatic rings. The Kier molecular flexibility index (Phi) is 10.6. The molecular weight excluding hydrogens is 578 g/mol. The molecule has 44 heavy (non-hydrogen) atoms. The van der Waals surface area contributed by atoms with Crippen molar-refractivity contribution in [2.24, 2.45) is 5.92 Å². The molecule has 2 fully saturated rings. The number of aryl methyl sites for hydroxylation is 1. The molecule has 13 heteroatoms. The average molecular weight is 605 g/mol. The average Bonchev–Trinajstić information content (AvgIpc) is 3.90. The molecule has 1 aromatic carbocycles. The fourth-order valence-electron chi connectivity index (χ4n) is 4.92. The van der Waals surface area contributed by atoms with Gasteiger partial charge in [0.15, 0.2) is 5.82 Å². The van der Waals surface area contributed by atoms with Crippen LogP contribution in [0.25, 0.3) is 16.7 Å². The van der Waals surface area contributed by atoms with Gasteiger partial charge in [-0.1, -0.05) is 0 Å². The second-order valence-electron chi connectivity index (χ2n) is 10.6. The molecule has 0 radical (unpaired) electrons. The molecule has 0 unspecified atom stereocenters. The van der Waals surface area contributed by atoms with Gasteiger partial charge >= 0.3 is 18.9 Å². The zero-order valence-corrected chi connectivity index (χ0v) is 24.1. The maximum absolute atomic E-state index is 15.9. The number of amides is 1. The van der Waals surface area contributed by atoms with E-state index in [4.69, 9.17) is 11.3 Å². The maximum Gasteiger partial charge on any atom is 1.00 e. The SMILES string of the molecule is F[CH-]F.[CH-]=C1C=C(C(=O)NC[C@](O)(c2cc(C3(C#N)CC3)c(F)c(-c3cc(C)c(F)cc3F)n2)C2CC2)C=C(OC)C1=[N-].[Li+]. The molecule has 226 valence electrons. The van der Waals surface area contributed by atoms with Crippen LogP contribution in [-0.2, 0) is 20.5 Å². The number of methoxy groups -OCH3 is 1. The molecule has 1 amide bonds. The van der Waals surface area contributed by atoms with Crippen molar-refractivity contribution in [2.75, 3.05) is 13.7 Å². The number of hydrogen-bond acceptors (Lipinski definition) is 5. The summed E-state index contributed by atoms with van der Waals surface area (Å²) in [5, 5.41) is 34.3. The van der Waals surface area contributed by atoms with Gasteiger partial charge in [-0.15, -0.1) is 0 Å². The first-order valence-electron chi connectivity index (χ1n) is 13.1. The van der Waals surface area contributed by atoms with Gasteiger partial charge in [-0.25, -0.2) is 36.0 Å². The van der Waals surface area contributed by atoms with Crippen molar-refractivity contribution in [1.82, 2.24) is 10.3 Å². The number of nitriles is 1. The van der Waals surface area contributed by atoms with E-state index in [0.717, 1.165) is 6.07 Å². The summed E-state index contributed by atoms with van der Waals surface area (Å²) in [4.78, 5) is 17.3. The monoisotopic (exact) mass is 604 g/mol. The van der Waals surface area contributed by atoms with Gasteiger partial charge < -0.3 is 29.4 Å². The molecule has 3 aliphatic rings. The van der Waals surface area contributed by atoms with Crippen LogP contribution in [0.1, 0.15) is 42.5 Å². The topological polar surface area (TPSA) is 118 Å². The molecule has 1 aromatic heterocycles. The number of benzene rings is 1. The number of nitrogens with zero attached hydrogens (tertiary/aromatic N) is 3. The molecule has 0 saturated heterocycles. The molecule has 2 saturated carbocycles. The quantitative estimate of drug-likeness (QED) is 0.273. The number of hydrogen-bond donors (Lipinski definition) is 2. The summed E-state index contributed by atoms with van der Waals surface area (Å²) >= 11 is 0. The Labute approximate surface area is 263 Å². The van der Waals surface area contributed by atoms with Crippen molar-refractivity contribution in [2.45, 2.75) is 43.6 Å². The van der Waals surface area contributed by atoms with E-state index in [1.54, 1.807) is 0 Å². The summed E-state index contributed by atoms with van der Waals surface area (Å²) in [6.45, 7) is 5.83. The first kappa shape index (κ1) is 34.7. The molecule has 2 N–H and O–H groups in total. The predicted octanol–water partition coefficient (Wildman–Crippen LogP) is 2.63. The first-order valence-corrected chi connectivity index (χ1v) is 13.1. The number of rotatable bonds is 8. The number of halogens is 5. The summed E-state index contributed by atoms with van der Waals surface area (Å²) in [5.74, 6) is -3.77. The molecule has 1 heterocycles. The summed E-state index contributed by atoms with van der Waals surface area (Å²) in [7, 11) is 1.30. The Bertz CT molecular complexity index is 1610. The van der Waals surface area contributed by atoms with E-state index in [1.165, 1.54) is 32.3 Å². The fraction of sp³-hybridized carbons (Fsp3) is 0.323. The van der Waals surface area contributed by atoms with Crippen LogP contribution in [0.5, 0.6) is 0 Å². The minimum Gasteiger partial charge on any atom is -0.869 e. The first-order chi connectivity index (χ1) is 20.3. The number of aromatic nitrogens is 1. The molecule has 3 aliphatic carbocycles. The van der Waals surface area contributed by atoms with Crippen molar-refractivity contribution < 1.29 is 55.5 Å². The molecule has 0 bridgehead atoms. The van der Waals surface area contributed by atoms with E-state index >= 15 is 4.39 Å². The number of aliphatic hydroxyl groups is 1. The van der Waals surface area contributed by atoms with Crippen molar-refractivity contribution in [3.05, 3.63) is 100 Å². The van der Waals surface area contributed by atoms with Crippen LogP contribution in [0.4, 0.5) is 22.0 Å². The second kappa shape index (κ2) is 13.5. The Morgan fingerprint density at radius 2 is 1.89 bits per heavy atom. The minimum absolute atomic E-state index is 0. The third-order valence-corrected chi connectivity index (χ3v) is 7.74. The molecule has 0 spiro atoms. The van der Waals surface area contributed by atoms with Crippen LogP contribution < -0.4 is 24.2 Å². The normalized spacial score (nSPS) is 17.9. The van der Waals surface area contributed by atoms with E-state index in [-0.39, 0.29) is 76.3 Å². The summed E-state index contributed by atoms with van der Waals surface area (Å²) in [5.41, 5.74) is -4.04. The molecule has 1 atom stereocenters. The van der Waals surface area contributed by atoms with Crippen LogP contribution in [0.15, 0.2) is 47.3 Å². The number of allylic oxidation sites excluding steroid dienone is 2. The van der Waals surface area contributed by atoms with E-state index in [2.05, 4.69) is 16.4 Å². The van der Waals surface area contributed by atoms with Gasteiger partial charge in [0.2, 0.25) is 5.91 Å².